The molecule has 1 heterocycles. The van der Waals surface area contributed by atoms with Crippen molar-refractivity contribution in [2.75, 3.05) is 31.2 Å². The Morgan fingerprint density at radius 1 is 1.33 bits per heavy atom. The Morgan fingerprint density at radius 2 is 2.07 bits per heavy atom. The number of likely N-dealkylation sites (tertiary alicyclic amines) is 1. The van der Waals surface area contributed by atoms with Crippen LogP contribution in [0, 0.1) is 0 Å². The molecule has 15 heavy (non-hydrogen) atoms. The molecule has 3 nitrogen and oxygen atoms in total. The Balaban J connectivity index is 1.93. The van der Waals surface area contributed by atoms with Crippen molar-refractivity contribution in [2.45, 2.75) is 18.9 Å². The number of nitrogens with one attached hydrogen (secondary N) is 1. The third-order valence-corrected chi connectivity index (χ3v) is 2.91. The molecule has 1 fully saturated rings. The van der Waals surface area contributed by atoms with Gasteiger partial charge >= 0.3 is 0 Å². The SMILES string of the molecule is CN1CCCC(Nc2ccc(N)cc2)C1. The van der Waals surface area contributed by atoms with Gasteiger partial charge in [-0.1, -0.05) is 0 Å². The minimum absolute atomic E-state index is 0.576. The molecule has 1 unspecified atom stereocenters. The molecule has 1 saturated heterocycles. The van der Waals surface area contributed by atoms with Crippen LogP contribution in [0.15, 0.2) is 24.3 Å². The van der Waals surface area contributed by atoms with E-state index in [-0.39, 0.29) is 0 Å². The summed E-state index contributed by atoms with van der Waals surface area (Å²) in [4.78, 5) is 2.37. The third kappa shape index (κ3) is 2.86. The van der Waals surface area contributed by atoms with E-state index in [2.05, 4.69) is 17.3 Å². The summed E-state index contributed by atoms with van der Waals surface area (Å²) >= 11 is 0. The van der Waals surface area contributed by atoms with Crippen molar-refractivity contribution in [2.24, 2.45) is 0 Å². The van der Waals surface area contributed by atoms with Gasteiger partial charge in [-0.3, -0.25) is 0 Å². The fourth-order valence-corrected chi connectivity index (χ4v) is 2.10. The van der Waals surface area contributed by atoms with Gasteiger partial charge in [0.2, 0.25) is 0 Å². The lowest BCUT2D eigenvalue weighted by molar-refractivity contribution is 0.261. The fraction of sp³-hybridized carbons (Fsp3) is 0.500. The summed E-state index contributed by atoms with van der Waals surface area (Å²) in [6.07, 6.45) is 2.54. The fourth-order valence-electron chi connectivity index (χ4n) is 2.10. The number of anilines is 2. The van der Waals surface area contributed by atoms with Crippen molar-refractivity contribution >= 4 is 11.4 Å². The number of nitrogen functional groups attached to an aromatic ring is 1. The highest BCUT2D eigenvalue weighted by Gasteiger charge is 2.16. The average molecular weight is 205 g/mol. The van der Waals surface area contributed by atoms with Gasteiger partial charge < -0.3 is 16.0 Å². The molecule has 1 aliphatic heterocycles. The van der Waals surface area contributed by atoms with Crippen LogP contribution in [0.25, 0.3) is 0 Å². The maximum atomic E-state index is 5.65. The Hall–Kier alpha value is -1.22. The standard InChI is InChI=1S/C12H19N3/c1-15-8-2-3-12(9-15)14-11-6-4-10(13)5-7-11/h4-7,12,14H,2-3,8-9,13H2,1H3. The summed E-state index contributed by atoms with van der Waals surface area (Å²) in [5, 5.41) is 3.54. The van der Waals surface area contributed by atoms with Gasteiger partial charge in [-0.15, -0.1) is 0 Å². The number of hydrogen-bond acceptors (Lipinski definition) is 3. The largest absolute Gasteiger partial charge is 0.399 e. The van der Waals surface area contributed by atoms with Crippen LogP contribution in [0.5, 0.6) is 0 Å². The van der Waals surface area contributed by atoms with E-state index < -0.39 is 0 Å². The Morgan fingerprint density at radius 3 is 2.73 bits per heavy atom. The first-order chi connectivity index (χ1) is 7.24. The minimum Gasteiger partial charge on any atom is -0.399 e. The smallest absolute Gasteiger partial charge is 0.0388 e. The number of benzene rings is 1. The van der Waals surface area contributed by atoms with Crippen LogP contribution in [0.1, 0.15) is 12.8 Å². The molecule has 3 heteroatoms. The lowest BCUT2D eigenvalue weighted by Crippen LogP contribution is -2.39. The van der Waals surface area contributed by atoms with Gasteiger partial charge in [0, 0.05) is 24.0 Å². The van der Waals surface area contributed by atoms with Gasteiger partial charge in [0.25, 0.3) is 0 Å². The van der Waals surface area contributed by atoms with Crippen LogP contribution in [-0.4, -0.2) is 31.1 Å². The van der Waals surface area contributed by atoms with E-state index >= 15 is 0 Å². The first-order valence-electron chi connectivity index (χ1n) is 5.54. The van der Waals surface area contributed by atoms with Crippen LogP contribution in [-0.2, 0) is 0 Å². The normalized spacial score (nSPS) is 22.6. The number of rotatable bonds is 2. The molecule has 0 bridgehead atoms. The lowest BCUT2D eigenvalue weighted by Gasteiger charge is -2.30. The average Bonchev–Trinajstić information content (AvgIpc) is 2.22. The molecule has 0 saturated carbocycles. The molecule has 1 atom stereocenters. The zero-order valence-electron chi connectivity index (χ0n) is 9.24. The maximum absolute atomic E-state index is 5.65. The van der Waals surface area contributed by atoms with Crippen molar-refractivity contribution in [3.05, 3.63) is 24.3 Å². The second kappa shape index (κ2) is 4.53. The first-order valence-corrected chi connectivity index (χ1v) is 5.54. The summed E-state index contributed by atoms with van der Waals surface area (Å²) in [5.41, 5.74) is 7.64. The van der Waals surface area contributed by atoms with E-state index in [0.717, 1.165) is 12.2 Å². The molecule has 0 aliphatic carbocycles. The van der Waals surface area contributed by atoms with Crippen LogP contribution in [0.4, 0.5) is 11.4 Å². The molecule has 82 valence electrons. The molecule has 2 rings (SSSR count). The topological polar surface area (TPSA) is 41.3 Å². The highest BCUT2D eigenvalue weighted by molar-refractivity contribution is 5.51. The zero-order valence-corrected chi connectivity index (χ0v) is 9.24. The van der Waals surface area contributed by atoms with Crippen LogP contribution >= 0.6 is 0 Å². The molecule has 1 aromatic rings. The van der Waals surface area contributed by atoms with Crippen LogP contribution < -0.4 is 11.1 Å². The van der Waals surface area contributed by atoms with Gasteiger partial charge in [-0.2, -0.15) is 0 Å². The number of piperidine rings is 1. The molecular weight excluding hydrogens is 186 g/mol. The maximum Gasteiger partial charge on any atom is 0.0388 e. The summed E-state index contributed by atoms with van der Waals surface area (Å²) in [6.45, 7) is 2.35. The highest BCUT2D eigenvalue weighted by Crippen LogP contribution is 2.16. The number of hydrogen-bond donors (Lipinski definition) is 2. The second-order valence-corrected chi connectivity index (χ2v) is 4.37. The molecule has 0 radical (unpaired) electrons. The van der Waals surface area contributed by atoms with Crippen molar-refractivity contribution in [3.63, 3.8) is 0 Å². The van der Waals surface area contributed by atoms with E-state index in [1.54, 1.807) is 0 Å². The second-order valence-electron chi connectivity index (χ2n) is 4.37. The summed E-state index contributed by atoms with van der Waals surface area (Å²) in [5.74, 6) is 0. The highest BCUT2D eigenvalue weighted by atomic mass is 15.1. The number of nitrogens with zero attached hydrogens (tertiary/aromatic N) is 1. The molecule has 0 spiro atoms. The van der Waals surface area contributed by atoms with E-state index in [1.165, 1.54) is 25.1 Å². The van der Waals surface area contributed by atoms with E-state index in [0.29, 0.717) is 6.04 Å². The molecular formula is C12H19N3. The van der Waals surface area contributed by atoms with Crippen molar-refractivity contribution in [1.29, 1.82) is 0 Å². The molecule has 1 aromatic carbocycles. The third-order valence-electron chi connectivity index (χ3n) is 2.91. The lowest BCUT2D eigenvalue weighted by atomic mass is 10.1. The summed E-state index contributed by atoms with van der Waals surface area (Å²) < 4.78 is 0. The van der Waals surface area contributed by atoms with Crippen LogP contribution in [0.3, 0.4) is 0 Å². The predicted molar refractivity (Wildman–Crippen MR) is 65.0 cm³/mol. The minimum atomic E-state index is 0.576. The molecule has 0 aromatic heterocycles. The summed E-state index contributed by atoms with van der Waals surface area (Å²) in [7, 11) is 2.18. The van der Waals surface area contributed by atoms with E-state index in [4.69, 9.17) is 5.73 Å². The van der Waals surface area contributed by atoms with E-state index in [9.17, 15) is 0 Å². The summed E-state index contributed by atoms with van der Waals surface area (Å²) in [6, 6.07) is 8.55. The van der Waals surface area contributed by atoms with Gasteiger partial charge in [0.15, 0.2) is 0 Å². The van der Waals surface area contributed by atoms with Crippen LogP contribution in [0.2, 0.25) is 0 Å². The van der Waals surface area contributed by atoms with Gasteiger partial charge in [0.1, 0.15) is 0 Å². The quantitative estimate of drug-likeness (QED) is 0.723. The molecule has 3 N–H and O–H groups in total. The van der Waals surface area contributed by atoms with Crippen molar-refractivity contribution < 1.29 is 0 Å². The van der Waals surface area contributed by atoms with Gasteiger partial charge in [-0.25, -0.2) is 0 Å². The number of nitrogens with two attached hydrogens (primary N) is 1. The molecule has 1 aliphatic rings. The Labute approximate surface area is 91.3 Å². The molecule has 0 amide bonds. The Bertz CT molecular complexity index is 307. The Kier molecular flexibility index (Phi) is 3.11. The monoisotopic (exact) mass is 205 g/mol. The number of likely N-dealkylation sites (N-methyl/N-ethyl adjacent to an activating group) is 1. The van der Waals surface area contributed by atoms with E-state index in [1.807, 2.05) is 24.3 Å². The first kappa shape index (κ1) is 10.3. The van der Waals surface area contributed by atoms with Crippen molar-refractivity contribution in [1.82, 2.24) is 4.90 Å². The predicted octanol–water partition coefficient (Wildman–Crippen LogP) is 1.77. The zero-order chi connectivity index (χ0) is 10.7. The van der Waals surface area contributed by atoms with Gasteiger partial charge in [0.05, 0.1) is 0 Å². The van der Waals surface area contributed by atoms with Gasteiger partial charge in [-0.05, 0) is 50.7 Å². The van der Waals surface area contributed by atoms with Crippen molar-refractivity contribution in [3.8, 4) is 0 Å².